The van der Waals surface area contributed by atoms with Gasteiger partial charge in [0.15, 0.2) is 11.2 Å². The number of ether oxygens (including phenoxy) is 6. The number of nitrogens with one attached hydrogen (secondary N) is 1. The lowest BCUT2D eigenvalue weighted by atomic mass is 9.98. The zero-order valence-electron chi connectivity index (χ0n) is 68.0. The van der Waals surface area contributed by atoms with Crippen molar-refractivity contribution in [3.8, 4) is 57.3 Å². The molecule has 0 aliphatic carbocycles. The number of carbonyl (C=O) groups excluding carboxylic acids is 1. The number of methoxy groups -OCH3 is 2. The van der Waals surface area contributed by atoms with Crippen molar-refractivity contribution in [3.05, 3.63) is 347 Å². The normalized spacial score (nSPS) is 11.0. The van der Waals surface area contributed by atoms with Gasteiger partial charge in [0.25, 0.3) is 0 Å². The molecule has 0 spiro atoms. The van der Waals surface area contributed by atoms with Gasteiger partial charge in [-0.05, 0) is 216 Å². The predicted octanol–water partition coefficient (Wildman–Crippen LogP) is 23.3. The number of carbonyl (C=O) groups is 1. The van der Waals surface area contributed by atoms with Crippen LogP contribution in [-0.4, -0.2) is 95.0 Å². The number of imidazole rings is 2. The Morgan fingerprint density at radius 1 is 0.453 bits per heavy atom. The van der Waals surface area contributed by atoms with Gasteiger partial charge >= 0.3 is 25.4 Å². The zero-order chi connectivity index (χ0) is 91.2. The van der Waals surface area contributed by atoms with Gasteiger partial charge in [0.05, 0.1) is 36.5 Å². The number of Topliss-reactive ketones (excluding diaryl/α,β-unsaturated/α-hetero) is 1. The summed E-state index contributed by atoms with van der Waals surface area (Å²) in [6.07, 6.45) is -5.28. The minimum absolute atomic E-state index is 0. The summed E-state index contributed by atoms with van der Waals surface area (Å²) < 4.78 is 176. The monoisotopic (exact) mass is 1900 g/mol. The number of ketones is 1. The number of aryl methyl sites for hydroxylation is 1. The number of fused-ring (bicyclic) bond motifs is 5. The number of nitrogens with zero attached hydrogens (tertiary/aromatic N) is 7. The highest BCUT2D eigenvalue weighted by Gasteiger charge is 2.34. The number of hydrogen-bond acceptors (Lipinski definition) is 17. The largest absolute Gasteiger partial charge is 0.573 e. The summed E-state index contributed by atoms with van der Waals surface area (Å²) in [6.45, 7) is 7.60. The number of H-pyrrole nitrogens is 1. The molecule has 16 aromatic rings. The van der Waals surface area contributed by atoms with E-state index in [1.54, 1.807) is 100 Å². The van der Waals surface area contributed by atoms with Crippen LogP contribution in [0.15, 0.2) is 271 Å². The quantitative estimate of drug-likeness (QED) is 0.0433. The lowest BCUT2D eigenvalue weighted by molar-refractivity contribution is -0.275. The van der Waals surface area contributed by atoms with E-state index in [1.165, 1.54) is 48.5 Å². The van der Waals surface area contributed by atoms with Gasteiger partial charge in [-0.15, -0.1) is 52.7 Å². The van der Waals surface area contributed by atoms with E-state index in [0.717, 1.165) is 128 Å². The predicted molar refractivity (Wildman–Crippen MR) is 476 cm³/mol. The number of anilines is 2. The lowest BCUT2D eigenvalue weighted by Gasteiger charge is -2.12. The molecule has 0 radical (unpaired) electrons. The zero-order valence-corrected chi connectivity index (χ0v) is 71.2. The number of benzene rings is 8. The summed E-state index contributed by atoms with van der Waals surface area (Å²) in [6, 6.07) is 63.0. The van der Waals surface area contributed by atoms with E-state index in [0.29, 0.717) is 58.6 Å². The van der Waals surface area contributed by atoms with Crippen molar-refractivity contribution in [2.24, 2.45) is 0 Å². The molecule has 0 unspecified atom stereocenters. The van der Waals surface area contributed by atoms with E-state index >= 15 is 0 Å². The van der Waals surface area contributed by atoms with E-state index in [9.17, 15) is 62.3 Å². The Labute approximate surface area is 741 Å². The van der Waals surface area contributed by atoms with Gasteiger partial charge in [0.2, 0.25) is 0 Å². The van der Waals surface area contributed by atoms with E-state index < -0.39 is 25.4 Å². The summed E-state index contributed by atoms with van der Waals surface area (Å²) in [4.78, 5) is 63.9. The fraction of sp³-hybridized carbons (Fsp3) is 0.172. The Morgan fingerprint density at radius 2 is 0.852 bits per heavy atom. The molecular formula is C93H82Br2F12N10O11. The molecule has 0 fully saturated rings. The molecule has 35 heteroatoms. The van der Waals surface area contributed by atoms with Gasteiger partial charge in [0.1, 0.15) is 68.8 Å². The highest BCUT2D eigenvalue weighted by molar-refractivity contribution is 9.10. The van der Waals surface area contributed by atoms with Crippen LogP contribution in [-0.2, 0) is 25.7 Å². The van der Waals surface area contributed by atoms with Gasteiger partial charge in [-0.3, -0.25) is 9.59 Å². The lowest BCUT2D eigenvalue weighted by Crippen LogP contribution is -2.17. The van der Waals surface area contributed by atoms with Crippen molar-refractivity contribution in [3.63, 3.8) is 0 Å². The second kappa shape index (κ2) is 44.8. The molecule has 668 valence electrons. The Hall–Kier alpha value is -13.9. The molecule has 0 amide bonds. The summed E-state index contributed by atoms with van der Waals surface area (Å²) in [5.41, 5.74) is 26.1. The molecule has 7 N–H and O–H groups in total. The summed E-state index contributed by atoms with van der Waals surface area (Å²) >= 11 is 6.43. The molecule has 8 aromatic heterocycles. The van der Waals surface area contributed by atoms with Crippen LogP contribution in [0.4, 0.5) is 64.3 Å². The van der Waals surface area contributed by atoms with E-state index in [4.69, 9.17) is 40.8 Å². The van der Waals surface area contributed by atoms with E-state index in [-0.39, 0.29) is 47.1 Å². The SMILES string of the molecule is C.CCc1ccc(OC(F)(F)F)cc1.COc1c(C)c(-c2cn3cc(Cc4ccc(OC(F)(F)F)cc4)ccc3n2)nc2ccccc12.COc1c(C)c(C(=O)CBr)cc2ccccc12.Cc1c(-c2cn3cc(Cc4ccc(OC(F)(F)F)cc4)ccc3n2)[nH]c2ccccc2c1=O.Nc1ccc(Br)cn1.Nc1ccc(Cc2ccc(OC(F)(F)F)cc2)cn1.O.O=O. The minimum atomic E-state index is -4.71. The van der Waals surface area contributed by atoms with Crippen LogP contribution in [0.5, 0.6) is 34.5 Å². The molecule has 0 bridgehead atoms. The van der Waals surface area contributed by atoms with Crippen LogP contribution < -0.4 is 45.3 Å². The highest BCUT2D eigenvalue weighted by Crippen LogP contribution is 2.37. The summed E-state index contributed by atoms with van der Waals surface area (Å²) in [5.74, 6) is 1.72. The molecule has 0 atom stereocenters. The first-order valence-electron chi connectivity index (χ1n) is 37.8. The molecule has 0 aliphatic heterocycles. The second-order valence-electron chi connectivity index (χ2n) is 27.5. The molecule has 128 heavy (non-hydrogen) atoms. The number of nitrogens with two attached hydrogens (primary N) is 2. The summed E-state index contributed by atoms with van der Waals surface area (Å²) in [5, 5.41) is 3.98. The smallest absolute Gasteiger partial charge is 0.496 e. The van der Waals surface area contributed by atoms with Crippen molar-refractivity contribution in [1.82, 2.24) is 38.7 Å². The van der Waals surface area contributed by atoms with Crippen molar-refractivity contribution in [2.45, 2.75) is 86.3 Å². The van der Waals surface area contributed by atoms with Gasteiger partial charge in [0, 0.05) is 95.5 Å². The fourth-order valence-corrected chi connectivity index (χ4v) is 13.5. The van der Waals surface area contributed by atoms with Gasteiger partial charge in [-0.25, -0.2) is 24.9 Å². The molecular weight excluding hydrogens is 1820 g/mol. The molecule has 21 nitrogen and oxygen atoms in total. The first-order chi connectivity index (χ1) is 60.0. The van der Waals surface area contributed by atoms with Gasteiger partial charge in [-0.2, -0.15) is 0 Å². The molecule has 0 saturated carbocycles. The Balaban J connectivity index is 0.000000199. The third-order valence-corrected chi connectivity index (χ3v) is 19.7. The van der Waals surface area contributed by atoms with Crippen molar-refractivity contribution in [2.75, 3.05) is 31.0 Å². The van der Waals surface area contributed by atoms with Crippen LogP contribution in [0.1, 0.15) is 80.3 Å². The van der Waals surface area contributed by atoms with Crippen LogP contribution in [0.3, 0.4) is 0 Å². The van der Waals surface area contributed by atoms with Crippen LogP contribution >= 0.6 is 31.9 Å². The third-order valence-electron chi connectivity index (χ3n) is 18.7. The van der Waals surface area contributed by atoms with Crippen molar-refractivity contribution in [1.29, 1.82) is 0 Å². The number of hydrogen-bond donors (Lipinski definition) is 3. The number of pyridine rings is 6. The number of nitrogen functional groups attached to an aromatic ring is 2. The number of alkyl halides is 13. The van der Waals surface area contributed by atoms with Crippen molar-refractivity contribution >= 4 is 93.2 Å². The van der Waals surface area contributed by atoms with Gasteiger partial charge in [-0.1, -0.05) is 146 Å². The third kappa shape index (κ3) is 28.3. The highest BCUT2D eigenvalue weighted by atomic mass is 79.9. The average molecular weight is 1900 g/mol. The number of aromatic nitrogens is 8. The van der Waals surface area contributed by atoms with Crippen LogP contribution in [0, 0.1) is 30.7 Å². The number of para-hydroxylation sites is 2. The van der Waals surface area contributed by atoms with E-state index in [1.807, 2.05) is 164 Å². The molecule has 0 saturated heterocycles. The maximum absolute atomic E-state index is 12.8. The van der Waals surface area contributed by atoms with Gasteiger partial charge < -0.3 is 59.2 Å². The molecule has 8 aromatic carbocycles. The average Bonchev–Trinajstić information content (AvgIpc) is 1.56. The van der Waals surface area contributed by atoms with Crippen LogP contribution in [0.25, 0.3) is 66.6 Å². The molecule has 8 heterocycles. The Morgan fingerprint density at radius 3 is 1.29 bits per heavy atom. The first kappa shape index (κ1) is 99.5. The van der Waals surface area contributed by atoms with Crippen LogP contribution in [0.2, 0.25) is 0 Å². The summed E-state index contributed by atoms with van der Waals surface area (Å²) in [7, 11) is 3.29. The first-order valence-corrected chi connectivity index (χ1v) is 39.7. The standard InChI is InChI=1S/C26H20F3N3O2.C25H18F3N3O2.C14H13BrO2.C13H11F3N2O.C9H9F3O.C5H5BrN2.CH4.O2.H2O/c1-16-24(31-21-6-4-3-5-20(21)25(16)33-2)22-15-32-14-18(9-12-23(32)30-22)13-17-7-10-19(11-8-17)34-26(27,28)29;1-15-23(30-20-5-3-2-4-19(20)24(15)32)21-14-31-13-17(8-11-22(31)29-21)12-16-6-9-18(10-7-16)33-25(26,27)28;1-9-12(13(16)8-15)7-10-5-3-4-6-11(10)14(9)17-2;14-13(15,16)19-11-4-1-9(2-5-11)7-10-3-6-12(17)18-8-10;1-2-7-3-5-8(6-4-7)13-9(10,11)12;6-4-1-2-5(7)8-3-4;;1-2;/h3-12,14-15H,13H2,1-2H3;2-11,13-14H,12H2,1H3,(H,30,32);3-7H,8H2,1-2H3;1-6,8H,7H2,(H2,17,18);3-6H,2H2,1H3;1-3H,(H2,7,8);1H4;;1H2. The second-order valence-corrected chi connectivity index (χ2v) is 29.0. The number of aromatic amines is 1. The fourth-order valence-electron chi connectivity index (χ4n) is 12.9. The maximum atomic E-state index is 12.8. The Kier molecular flexibility index (Phi) is 34.8. The number of halogens is 14. The molecule has 0 aliphatic rings. The molecule has 16 rings (SSSR count). The Bertz CT molecular complexity index is 6410. The van der Waals surface area contributed by atoms with E-state index in [2.05, 4.69) is 70.7 Å². The maximum Gasteiger partial charge on any atom is 0.573 e. The van der Waals surface area contributed by atoms with Crippen molar-refractivity contribution < 1.29 is 91.4 Å². The number of rotatable bonds is 17. The topological polar surface area (TPSA) is 296 Å². The minimum Gasteiger partial charge on any atom is -0.496 e.